The van der Waals surface area contributed by atoms with Crippen LogP contribution in [-0.4, -0.2) is 56.2 Å². The van der Waals surface area contributed by atoms with E-state index in [0.29, 0.717) is 32.6 Å². The number of rotatable bonds is 6. The molecule has 0 radical (unpaired) electrons. The molecule has 2 aliphatic heterocycles. The van der Waals surface area contributed by atoms with Gasteiger partial charge < -0.3 is 10.1 Å². The summed E-state index contributed by atoms with van der Waals surface area (Å²) in [7, 11) is -1.86. The first-order chi connectivity index (χ1) is 13.5. The van der Waals surface area contributed by atoms with Crippen molar-refractivity contribution >= 4 is 16.1 Å². The topological polar surface area (TPSA) is 79.0 Å². The zero-order valence-corrected chi connectivity index (χ0v) is 17.4. The Kier molecular flexibility index (Phi) is 7.31. The van der Waals surface area contributed by atoms with Gasteiger partial charge in [-0.3, -0.25) is 4.79 Å². The van der Waals surface area contributed by atoms with Crippen molar-refractivity contribution < 1.29 is 17.9 Å². The molecule has 0 bridgehead atoms. The number of benzene rings is 1. The number of piperidine rings is 1. The highest BCUT2D eigenvalue weighted by Crippen LogP contribution is 2.23. The molecule has 1 aromatic rings. The van der Waals surface area contributed by atoms with Crippen LogP contribution >= 0.6 is 0 Å². The van der Waals surface area contributed by atoms with E-state index in [1.807, 2.05) is 24.3 Å². The van der Waals surface area contributed by atoms with Gasteiger partial charge in [0.15, 0.2) is 0 Å². The molecule has 1 aromatic carbocycles. The number of hydrogen-bond acceptors (Lipinski definition) is 4. The van der Waals surface area contributed by atoms with E-state index in [9.17, 15) is 13.2 Å². The van der Waals surface area contributed by atoms with E-state index in [2.05, 4.69) is 5.32 Å². The molecule has 2 saturated heterocycles. The Hall–Kier alpha value is -1.64. The lowest BCUT2D eigenvalue weighted by atomic mass is 9.99. The Morgan fingerprint density at radius 3 is 2.32 bits per heavy atom. The lowest BCUT2D eigenvalue weighted by Crippen LogP contribution is -2.50. The molecule has 2 aliphatic rings. The lowest BCUT2D eigenvalue weighted by Gasteiger charge is -2.34. The monoisotopic (exact) mass is 409 g/mol. The first-order valence-electron chi connectivity index (χ1n) is 10.2. The summed E-state index contributed by atoms with van der Waals surface area (Å²) in [4.78, 5) is 12.6. The average molecular weight is 410 g/mol. The molecule has 156 valence electrons. The van der Waals surface area contributed by atoms with Gasteiger partial charge in [0.05, 0.1) is 13.0 Å². The van der Waals surface area contributed by atoms with Gasteiger partial charge in [0.2, 0.25) is 5.91 Å². The molecule has 3 rings (SSSR count). The van der Waals surface area contributed by atoms with Crippen LogP contribution in [0.5, 0.6) is 5.75 Å². The second kappa shape index (κ2) is 9.71. The normalized spacial score (nSPS) is 22.4. The first-order valence-corrected chi connectivity index (χ1v) is 11.6. The first kappa shape index (κ1) is 21.1. The number of carbonyl (C=O) groups excluding carboxylic acids is 1. The summed E-state index contributed by atoms with van der Waals surface area (Å²) in [6, 6.07) is 7.54. The summed E-state index contributed by atoms with van der Waals surface area (Å²) >= 11 is 0. The zero-order valence-electron chi connectivity index (χ0n) is 16.6. The third-order valence-corrected chi connectivity index (χ3v) is 7.60. The number of ether oxygens (including phenoxy) is 1. The van der Waals surface area contributed by atoms with E-state index >= 15 is 0 Å². The van der Waals surface area contributed by atoms with Crippen LogP contribution in [0, 0.1) is 5.92 Å². The number of carbonyl (C=O) groups is 1. The molecule has 1 amide bonds. The van der Waals surface area contributed by atoms with Crippen LogP contribution in [0.1, 0.15) is 44.1 Å². The van der Waals surface area contributed by atoms with Gasteiger partial charge >= 0.3 is 0 Å². The van der Waals surface area contributed by atoms with Gasteiger partial charge in [-0.2, -0.15) is 17.0 Å². The van der Waals surface area contributed by atoms with Crippen molar-refractivity contribution in [2.75, 3.05) is 33.3 Å². The molecule has 0 unspecified atom stereocenters. The maximum atomic E-state index is 13.0. The van der Waals surface area contributed by atoms with Crippen LogP contribution in [0.2, 0.25) is 0 Å². The Bertz CT molecular complexity index is 743. The molecule has 1 N–H and O–H groups in total. The molecule has 2 heterocycles. The zero-order chi connectivity index (χ0) is 20.0. The minimum atomic E-state index is -3.48. The molecule has 0 saturated carbocycles. The minimum Gasteiger partial charge on any atom is -0.497 e. The predicted molar refractivity (Wildman–Crippen MR) is 108 cm³/mol. The second-order valence-electron chi connectivity index (χ2n) is 7.58. The maximum absolute atomic E-state index is 13.0. The summed E-state index contributed by atoms with van der Waals surface area (Å²) in [6.45, 7) is 2.38. The molecule has 0 aromatic heterocycles. The summed E-state index contributed by atoms with van der Waals surface area (Å²) in [5.74, 6) is 0.400. The third-order valence-electron chi connectivity index (χ3n) is 5.60. The van der Waals surface area contributed by atoms with Gasteiger partial charge in [-0.05, 0) is 43.4 Å². The fraction of sp³-hybridized carbons (Fsp3) is 0.650. The van der Waals surface area contributed by atoms with Gasteiger partial charge in [0, 0.05) is 32.7 Å². The van der Waals surface area contributed by atoms with Gasteiger partial charge in [-0.15, -0.1) is 0 Å². The van der Waals surface area contributed by atoms with E-state index in [0.717, 1.165) is 43.4 Å². The van der Waals surface area contributed by atoms with Crippen molar-refractivity contribution in [3.8, 4) is 5.75 Å². The highest BCUT2D eigenvalue weighted by Gasteiger charge is 2.35. The number of hydrogen-bond donors (Lipinski definition) is 1. The molecular formula is C20H31N3O4S. The fourth-order valence-corrected chi connectivity index (χ4v) is 5.65. The van der Waals surface area contributed by atoms with Gasteiger partial charge in [0.1, 0.15) is 5.75 Å². The van der Waals surface area contributed by atoms with Gasteiger partial charge in [-0.1, -0.05) is 25.0 Å². The SMILES string of the molecule is COc1ccc(CNC(=O)[C@H]2CCCN(S(=O)(=O)N3CCCCCC3)C2)cc1. The molecule has 0 spiro atoms. The summed E-state index contributed by atoms with van der Waals surface area (Å²) in [6.07, 6.45) is 5.44. The predicted octanol–water partition coefficient (Wildman–Crippen LogP) is 2.14. The summed E-state index contributed by atoms with van der Waals surface area (Å²) < 4.78 is 34.3. The van der Waals surface area contributed by atoms with Crippen molar-refractivity contribution in [1.29, 1.82) is 0 Å². The highest BCUT2D eigenvalue weighted by molar-refractivity contribution is 7.86. The average Bonchev–Trinajstić information content (AvgIpc) is 3.02. The largest absolute Gasteiger partial charge is 0.497 e. The molecule has 2 fully saturated rings. The van der Waals surface area contributed by atoms with Crippen LogP contribution in [0.15, 0.2) is 24.3 Å². The standard InChI is InChI=1S/C20H31N3O4S/c1-27-19-10-8-17(9-11-19)15-21-20(24)18-7-6-14-23(16-18)28(25,26)22-12-4-2-3-5-13-22/h8-11,18H,2-7,12-16H2,1H3,(H,21,24)/t18-/m0/s1. The van der Waals surface area contributed by atoms with E-state index in [1.54, 1.807) is 11.4 Å². The van der Waals surface area contributed by atoms with Crippen molar-refractivity contribution in [2.24, 2.45) is 5.92 Å². The van der Waals surface area contributed by atoms with E-state index in [-0.39, 0.29) is 18.4 Å². The Labute approximate surface area is 168 Å². The molecule has 28 heavy (non-hydrogen) atoms. The van der Waals surface area contributed by atoms with Crippen molar-refractivity contribution in [3.05, 3.63) is 29.8 Å². The van der Waals surface area contributed by atoms with Crippen molar-refractivity contribution in [1.82, 2.24) is 13.9 Å². The molecule has 0 aliphatic carbocycles. The van der Waals surface area contributed by atoms with Gasteiger partial charge in [0.25, 0.3) is 10.2 Å². The van der Waals surface area contributed by atoms with E-state index in [1.165, 1.54) is 4.31 Å². The maximum Gasteiger partial charge on any atom is 0.281 e. The van der Waals surface area contributed by atoms with Gasteiger partial charge in [-0.25, -0.2) is 0 Å². The van der Waals surface area contributed by atoms with Crippen molar-refractivity contribution in [3.63, 3.8) is 0 Å². The van der Waals surface area contributed by atoms with Crippen LogP contribution < -0.4 is 10.1 Å². The highest BCUT2D eigenvalue weighted by atomic mass is 32.2. The number of nitrogens with zero attached hydrogens (tertiary/aromatic N) is 2. The lowest BCUT2D eigenvalue weighted by molar-refractivity contribution is -0.126. The minimum absolute atomic E-state index is 0.0772. The Morgan fingerprint density at radius 1 is 1.04 bits per heavy atom. The summed E-state index contributed by atoms with van der Waals surface area (Å²) in [5.41, 5.74) is 0.985. The van der Waals surface area contributed by atoms with Crippen LogP contribution in [0.4, 0.5) is 0 Å². The Morgan fingerprint density at radius 2 is 1.68 bits per heavy atom. The smallest absolute Gasteiger partial charge is 0.281 e. The number of amides is 1. The number of methoxy groups -OCH3 is 1. The van der Waals surface area contributed by atoms with Crippen LogP contribution in [0.25, 0.3) is 0 Å². The summed E-state index contributed by atoms with van der Waals surface area (Å²) in [5, 5.41) is 2.95. The molecule has 7 nitrogen and oxygen atoms in total. The molecule has 1 atom stereocenters. The van der Waals surface area contributed by atoms with E-state index in [4.69, 9.17) is 4.74 Å². The quantitative estimate of drug-likeness (QED) is 0.781. The number of nitrogens with one attached hydrogen (secondary N) is 1. The molecule has 8 heteroatoms. The third kappa shape index (κ3) is 5.24. The molecular weight excluding hydrogens is 378 g/mol. The Balaban J connectivity index is 1.56. The van der Waals surface area contributed by atoms with Crippen LogP contribution in [-0.2, 0) is 21.5 Å². The van der Waals surface area contributed by atoms with E-state index < -0.39 is 10.2 Å². The van der Waals surface area contributed by atoms with Crippen molar-refractivity contribution in [2.45, 2.75) is 45.1 Å². The fourth-order valence-electron chi connectivity index (χ4n) is 3.88. The second-order valence-corrected chi connectivity index (χ2v) is 9.51. The van der Waals surface area contributed by atoms with Crippen LogP contribution in [0.3, 0.4) is 0 Å².